The van der Waals surface area contributed by atoms with Gasteiger partial charge in [-0.1, -0.05) is 58.4 Å². The van der Waals surface area contributed by atoms with Crippen molar-refractivity contribution < 1.29 is 5.11 Å². The van der Waals surface area contributed by atoms with Gasteiger partial charge in [0.2, 0.25) is 0 Å². The maximum atomic E-state index is 9.21. The number of hydrogen-bond donors (Lipinski definition) is 1. The van der Waals surface area contributed by atoms with Gasteiger partial charge in [-0.2, -0.15) is 0 Å². The second-order valence-electron chi connectivity index (χ2n) is 4.44. The third-order valence-electron chi connectivity index (χ3n) is 3.02. The van der Waals surface area contributed by atoms with Crippen molar-refractivity contribution in [2.75, 3.05) is 0 Å². The second kappa shape index (κ2) is 6.60. The number of phenolic OH excluding ortho intramolecular Hbond substituents is 1. The Morgan fingerprint density at radius 3 is 2.28 bits per heavy atom. The molecule has 2 aromatic carbocycles. The Balaban J connectivity index is 1.80. The average Bonchev–Trinajstić information content (AvgIpc) is 2.42. The van der Waals surface area contributed by atoms with E-state index in [0.717, 1.165) is 19.3 Å². The highest BCUT2D eigenvalue weighted by atomic mass is 79.9. The van der Waals surface area contributed by atoms with Crippen LogP contribution in [0.2, 0.25) is 0 Å². The lowest BCUT2D eigenvalue weighted by Gasteiger charge is -2.09. The molecule has 0 aliphatic carbocycles. The van der Waals surface area contributed by atoms with Crippen molar-refractivity contribution in [2.24, 2.45) is 0 Å². The standard InChI is InChI=1S/C16H17BrO/c17-16(14-6-2-1-3-7-14)8-4-5-13-9-11-15(18)12-10-13/h1-3,6-7,9-12,16,18H,4-5,8H2. The molecule has 1 unspecified atom stereocenters. The largest absolute Gasteiger partial charge is 0.508 e. The molecule has 2 aromatic rings. The molecule has 0 aliphatic rings. The Kier molecular flexibility index (Phi) is 4.82. The molecule has 0 aromatic heterocycles. The van der Waals surface area contributed by atoms with Crippen LogP contribution in [-0.4, -0.2) is 5.11 Å². The van der Waals surface area contributed by atoms with Gasteiger partial charge in [0.15, 0.2) is 0 Å². The molecule has 1 nitrogen and oxygen atoms in total. The van der Waals surface area contributed by atoms with Gasteiger partial charge in [-0.15, -0.1) is 0 Å². The maximum absolute atomic E-state index is 9.21. The highest BCUT2D eigenvalue weighted by Gasteiger charge is 2.06. The first-order valence-corrected chi connectivity index (χ1v) is 7.14. The molecule has 2 rings (SSSR count). The molecule has 0 saturated heterocycles. The summed E-state index contributed by atoms with van der Waals surface area (Å²) in [6, 6.07) is 18.0. The minimum atomic E-state index is 0.335. The highest BCUT2D eigenvalue weighted by molar-refractivity contribution is 9.09. The Hall–Kier alpha value is -1.28. The van der Waals surface area contributed by atoms with Gasteiger partial charge >= 0.3 is 0 Å². The summed E-state index contributed by atoms with van der Waals surface area (Å²) >= 11 is 3.73. The Morgan fingerprint density at radius 2 is 1.61 bits per heavy atom. The van der Waals surface area contributed by atoms with Gasteiger partial charge in [-0.25, -0.2) is 0 Å². The van der Waals surface area contributed by atoms with E-state index >= 15 is 0 Å². The summed E-state index contributed by atoms with van der Waals surface area (Å²) in [5, 5.41) is 9.21. The molecular formula is C16H17BrO. The lowest BCUT2D eigenvalue weighted by atomic mass is 10.0. The number of alkyl halides is 1. The molecule has 0 spiro atoms. The fourth-order valence-corrected chi connectivity index (χ4v) is 2.61. The van der Waals surface area contributed by atoms with Crippen molar-refractivity contribution in [3.63, 3.8) is 0 Å². The van der Waals surface area contributed by atoms with Crippen molar-refractivity contribution >= 4 is 15.9 Å². The summed E-state index contributed by atoms with van der Waals surface area (Å²) in [6.07, 6.45) is 3.30. The SMILES string of the molecule is Oc1ccc(CCCC(Br)c2ccccc2)cc1. The van der Waals surface area contributed by atoms with E-state index in [1.807, 2.05) is 18.2 Å². The van der Waals surface area contributed by atoms with Crippen LogP contribution in [0.15, 0.2) is 54.6 Å². The summed E-state index contributed by atoms with van der Waals surface area (Å²) in [6.45, 7) is 0. The molecular weight excluding hydrogens is 288 g/mol. The van der Waals surface area contributed by atoms with E-state index in [-0.39, 0.29) is 0 Å². The third kappa shape index (κ3) is 3.88. The summed E-state index contributed by atoms with van der Waals surface area (Å²) in [5.74, 6) is 0.335. The van der Waals surface area contributed by atoms with Crippen LogP contribution in [-0.2, 0) is 6.42 Å². The Bertz CT molecular complexity index is 464. The molecule has 1 N–H and O–H groups in total. The molecule has 1 atom stereocenters. The van der Waals surface area contributed by atoms with Crippen LogP contribution in [0.4, 0.5) is 0 Å². The number of aromatic hydroxyl groups is 1. The molecule has 0 bridgehead atoms. The normalized spacial score (nSPS) is 12.3. The number of benzene rings is 2. The lowest BCUT2D eigenvalue weighted by molar-refractivity contribution is 0.475. The predicted octanol–water partition coefficient (Wildman–Crippen LogP) is 4.85. The van der Waals surface area contributed by atoms with Crippen molar-refractivity contribution in [1.29, 1.82) is 0 Å². The highest BCUT2D eigenvalue weighted by Crippen LogP contribution is 2.28. The second-order valence-corrected chi connectivity index (χ2v) is 5.54. The maximum Gasteiger partial charge on any atom is 0.115 e. The van der Waals surface area contributed by atoms with Crippen LogP contribution in [0.5, 0.6) is 5.75 Å². The van der Waals surface area contributed by atoms with Gasteiger partial charge in [-0.3, -0.25) is 0 Å². The van der Waals surface area contributed by atoms with Gasteiger partial charge in [0.25, 0.3) is 0 Å². The molecule has 0 radical (unpaired) electrons. The topological polar surface area (TPSA) is 20.2 Å². The molecule has 0 saturated carbocycles. The Labute approximate surface area is 117 Å². The van der Waals surface area contributed by atoms with E-state index < -0.39 is 0 Å². The van der Waals surface area contributed by atoms with Crippen LogP contribution in [0.25, 0.3) is 0 Å². The molecule has 0 heterocycles. The van der Waals surface area contributed by atoms with Crippen LogP contribution >= 0.6 is 15.9 Å². The summed E-state index contributed by atoms with van der Waals surface area (Å²) < 4.78 is 0. The van der Waals surface area contributed by atoms with Crippen LogP contribution < -0.4 is 0 Å². The zero-order valence-electron chi connectivity index (χ0n) is 10.2. The summed E-state index contributed by atoms with van der Waals surface area (Å²) in [7, 11) is 0. The number of aryl methyl sites for hydroxylation is 1. The fourth-order valence-electron chi connectivity index (χ4n) is 1.98. The van der Waals surface area contributed by atoms with E-state index in [1.54, 1.807) is 12.1 Å². The molecule has 0 aliphatic heterocycles. The average molecular weight is 305 g/mol. The van der Waals surface area contributed by atoms with Gasteiger partial charge in [0.1, 0.15) is 5.75 Å². The van der Waals surface area contributed by atoms with Crippen molar-refractivity contribution in [3.8, 4) is 5.75 Å². The summed E-state index contributed by atoms with van der Waals surface area (Å²) in [5.41, 5.74) is 2.61. The first-order valence-electron chi connectivity index (χ1n) is 6.22. The fraction of sp³-hybridized carbons (Fsp3) is 0.250. The molecule has 18 heavy (non-hydrogen) atoms. The van der Waals surface area contributed by atoms with E-state index in [2.05, 4.69) is 40.2 Å². The third-order valence-corrected chi connectivity index (χ3v) is 4.01. The first-order chi connectivity index (χ1) is 8.75. The molecule has 0 amide bonds. The molecule has 94 valence electrons. The zero-order chi connectivity index (χ0) is 12.8. The van der Waals surface area contributed by atoms with E-state index in [0.29, 0.717) is 10.6 Å². The van der Waals surface area contributed by atoms with E-state index in [1.165, 1.54) is 11.1 Å². The van der Waals surface area contributed by atoms with Crippen molar-refractivity contribution in [1.82, 2.24) is 0 Å². The first kappa shape index (κ1) is 13.2. The van der Waals surface area contributed by atoms with Crippen molar-refractivity contribution in [2.45, 2.75) is 24.1 Å². The van der Waals surface area contributed by atoms with E-state index in [4.69, 9.17) is 0 Å². The number of halogens is 1. The van der Waals surface area contributed by atoms with Gasteiger partial charge in [0, 0.05) is 4.83 Å². The number of phenols is 1. The van der Waals surface area contributed by atoms with Crippen LogP contribution in [0.3, 0.4) is 0 Å². The molecule has 2 heteroatoms. The van der Waals surface area contributed by atoms with Crippen LogP contribution in [0.1, 0.15) is 28.8 Å². The summed E-state index contributed by atoms with van der Waals surface area (Å²) in [4.78, 5) is 0.427. The van der Waals surface area contributed by atoms with Gasteiger partial charge < -0.3 is 5.11 Å². The van der Waals surface area contributed by atoms with Gasteiger partial charge in [0.05, 0.1) is 0 Å². The quantitative estimate of drug-likeness (QED) is 0.783. The predicted molar refractivity (Wildman–Crippen MR) is 79.2 cm³/mol. The van der Waals surface area contributed by atoms with E-state index in [9.17, 15) is 5.11 Å². The van der Waals surface area contributed by atoms with Crippen LogP contribution in [0, 0.1) is 0 Å². The smallest absolute Gasteiger partial charge is 0.115 e. The van der Waals surface area contributed by atoms with Gasteiger partial charge in [-0.05, 0) is 42.5 Å². The lowest BCUT2D eigenvalue weighted by Crippen LogP contribution is -1.92. The monoisotopic (exact) mass is 304 g/mol. The molecule has 0 fully saturated rings. The Morgan fingerprint density at radius 1 is 0.944 bits per heavy atom. The minimum Gasteiger partial charge on any atom is -0.508 e. The minimum absolute atomic E-state index is 0.335. The zero-order valence-corrected chi connectivity index (χ0v) is 11.8. The number of hydrogen-bond acceptors (Lipinski definition) is 1. The number of rotatable bonds is 5. The van der Waals surface area contributed by atoms with Crippen molar-refractivity contribution in [3.05, 3.63) is 65.7 Å².